The number of anilines is 1. The number of nitrogens with zero attached hydrogens (tertiary/aromatic N) is 1. The van der Waals surface area contributed by atoms with Gasteiger partial charge in [0.2, 0.25) is 0 Å². The van der Waals surface area contributed by atoms with Crippen LogP contribution in [0.2, 0.25) is 0 Å². The van der Waals surface area contributed by atoms with Crippen LogP contribution in [0.25, 0.3) is 0 Å². The molecule has 4 atom stereocenters. The summed E-state index contributed by atoms with van der Waals surface area (Å²) in [6, 6.07) is 10.5. The number of benzene rings is 1. The number of ether oxygens (including phenoxy) is 1. The maximum atomic E-state index is 6.05. The third-order valence-electron chi connectivity index (χ3n) is 4.91. The van der Waals surface area contributed by atoms with Gasteiger partial charge in [-0.1, -0.05) is 25.1 Å². The van der Waals surface area contributed by atoms with Gasteiger partial charge in [-0.15, -0.1) is 0 Å². The Balaban J connectivity index is 1.88. The summed E-state index contributed by atoms with van der Waals surface area (Å²) in [7, 11) is 2.15. The summed E-state index contributed by atoms with van der Waals surface area (Å²) in [5.74, 6) is 2.07. The summed E-state index contributed by atoms with van der Waals surface area (Å²) < 4.78 is 6.05. The summed E-state index contributed by atoms with van der Waals surface area (Å²) in [5.41, 5.74) is 2.66. The lowest BCUT2D eigenvalue weighted by Crippen LogP contribution is -2.45. The number of allylic oxidation sites excluding steroid dienone is 1. The van der Waals surface area contributed by atoms with E-state index in [1.54, 1.807) is 0 Å². The number of para-hydroxylation sites is 1. The Bertz CT molecular complexity index is 467. The highest BCUT2D eigenvalue weighted by molar-refractivity contribution is 5.46. The third-order valence-corrected chi connectivity index (χ3v) is 4.91. The average molecular weight is 257 g/mol. The molecule has 102 valence electrons. The Hall–Kier alpha value is -1.44. The Labute approximate surface area is 116 Å². The minimum atomic E-state index is 0.175. The molecule has 0 amide bonds. The number of hydrogen-bond acceptors (Lipinski definition) is 2. The third kappa shape index (κ3) is 2.13. The topological polar surface area (TPSA) is 12.5 Å². The van der Waals surface area contributed by atoms with Crippen molar-refractivity contribution in [1.29, 1.82) is 0 Å². The predicted octanol–water partition coefficient (Wildman–Crippen LogP) is 4.05. The summed E-state index contributed by atoms with van der Waals surface area (Å²) in [6.45, 7) is 4.59. The highest BCUT2D eigenvalue weighted by Gasteiger charge is 2.44. The molecule has 0 saturated heterocycles. The van der Waals surface area contributed by atoms with Crippen LogP contribution in [0.15, 0.2) is 42.2 Å². The van der Waals surface area contributed by atoms with E-state index in [4.69, 9.17) is 4.74 Å². The van der Waals surface area contributed by atoms with E-state index >= 15 is 0 Å². The second kappa shape index (κ2) is 4.92. The van der Waals surface area contributed by atoms with E-state index in [0.717, 1.165) is 5.92 Å². The molecule has 2 aliphatic rings. The van der Waals surface area contributed by atoms with Gasteiger partial charge >= 0.3 is 0 Å². The van der Waals surface area contributed by atoms with Crippen LogP contribution in [0.3, 0.4) is 0 Å². The minimum absolute atomic E-state index is 0.175. The van der Waals surface area contributed by atoms with Crippen LogP contribution in [0.4, 0.5) is 5.69 Å². The van der Waals surface area contributed by atoms with Crippen molar-refractivity contribution in [2.75, 3.05) is 11.9 Å². The van der Waals surface area contributed by atoms with Crippen molar-refractivity contribution in [2.45, 2.75) is 32.9 Å². The Morgan fingerprint density at radius 3 is 2.63 bits per heavy atom. The molecule has 0 N–H and O–H groups in total. The van der Waals surface area contributed by atoms with Gasteiger partial charge in [0, 0.05) is 18.7 Å². The fourth-order valence-corrected chi connectivity index (χ4v) is 3.75. The van der Waals surface area contributed by atoms with Gasteiger partial charge in [0.05, 0.1) is 6.26 Å². The van der Waals surface area contributed by atoms with Crippen molar-refractivity contribution < 1.29 is 4.74 Å². The number of rotatable bonds is 2. The van der Waals surface area contributed by atoms with E-state index in [9.17, 15) is 0 Å². The molecular weight excluding hydrogens is 234 g/mol. The lowest BCUT2D eigenvalue weighted by atomic mass is 9.83. The first-order chi connectivity index (χ1) is 9.18. The van der Waals surface area contributed by atoms with Gasteiger partial charge in [-0.3, -0.25) is 0 Å². The zero-order valence-corrected chi connectivity index (χ0v) is 12.0. The zero-order chi connectivity index (χ0) is 13.4. The van der Waals surface area contributed by atoms with Gasteiger partial charge < -0.3 is 9.64 Å². The van der Waals surface area contributed by atoms with E-state index in [1.807, 2.05) is 6.26 Å². The van der Waals surface area contributed by atoms with Crippen molar-refractivity contribution in [1.82, 2.24) is 0 Å². The number of hydrogen-bond donors (Lipinski definition) is 0. The zero-order valence-electron chi connectivity index (χ0n) is 12.0. The maximum Gasteiger partial charge on any atom is 0.174 e. The molecule has 0 bridgehead atoms. The van der Waals surface area contributed by atoms with Gasteiger partial charge in [-0.2, -0.15) is 0 Å². The highest BCUT2D eigenvalue weighted by atomic mass is 16.5. The first kappa shape index (κ1) is 12.6. The summed E-state index contributed by atoms with van der Waals surface area (Å²) in [4.78, 5) is 2.29. The van der Waals surface area contributed by atoms with Crippen molar-refractivity contribution in [3.63, 3.8) is 0 Å². The van der Waals surface area contributed by atoms with E-state index in [-0.39, 0.29) is 6.23 Å². The largest absolute Gasteiger partial charge is 0.478 e. The van der Waals surface area contributed by atoms with Gasteiger partial charge in [0.25, 0.3) is 0 Å². The first-order valence-electron chi connectivity index (χ1n) is 7.28. The Morgan fingerprint density at radius 2 is 1.89 bits per heavy atom. The van der Waals surface area contributed by atoms with E-state index in [1.165, 1.54) is 24.1 Å². The second-order valence-electron chi connectivity index (χ2n) is 6.07. The summed E-state index contributed by atoms with van der Waals surface area (Å²) in [6.07, 6.45) is 4.80. The van der Waals surface area contributed by atoms with Gasteiger partial charge in [0.15, 0.2) is 6.23 Å². The molecular formula is C17H23NO. The fraction of sp³-hybridized carbons (Fsp3) is 0.529. The molecule has 1 aromatic carbocycles. The first-order valence-corrected chi connectivity index (χ1v) is 7.28. The van der Waals surface area contributed by atoms with E-state index in [0.29, 0.717) is 11.8 Å². The van der Waals surface area contributed by atoms with Crippen LogP contribution in [0.1, 0.15) is 26.7 Å². The van der Waals surface area contributed by atoms with Crippen molar-refractivity contribution in [3.8, 4) is 0 Å². The van der Waals surface area contributed by atoms with Crippen LogP contribution in [0, 0.1) is 17.8 Å². The molecule has 1 fully saturated rings. The molecule has 1 aromatic rings. The van der Waals surface area contributed by atoms with Gasteiger partial charge in [-0.25, -0.2) is 0 Å². The van der Waals surface area contributed by atoms with Crippen LogP contribution in [-0.2, 0) is 4.74 Å². The summed E-state index contributed by atoms with van der Waals surface area (Å²) >= 11 is 0. The molecule has 1 heterocycles. The Kier molecular flexibility index (Phi) is 3.26. The molecule has 1 saturated carbocycles. The second-order valence-corrected chi connectivity index (χ2v) is 6.07. The molecule has 0 aromatic heterocycles. The Morgan fingerprint density at radius 1 is 1.16 bits per heavy atom. The SMILES string of the molecule is CC1=CO[C@@H](N(C)c2ccccc2)[C@H]2[C@@H]1CC[C@@H]2C. The smallest absolute Gasteiger partial charge is 0.174 e. The molecule has 0 radical (unpaired) electrons. The fourth-order valence-electron chi connectivity index (χ4n) is 3.75. The molecule has 19 heavy (non-hydrogen) atoms. The van der Waals surface area contributed by atoms with Crippen LogP contribution in [0.5, 0.6) is 0 Å². The molecule has 0 spiro atoms. The lowest BCUT2D eigenvalue weighted by molar-refractivity contribution is 0.0353. The molecule has 1 aliphatic carbocycles. The molecule has 1 aliphatic heterocycles. The molecule has 2 nitrogen and oxygen atoms in total. The quantitative estimate of drug-likeness (QED) is 0.792. The normalized spacial score (nSPS) is 33.3. The van der Waals surface area contributed by atoms with E-state index < -0.39 is 0 Å². The predicted molar refractivity (Wildman–Crippen MR) is 78.9 cm³/mol. The molecule has 2 heteroatoms. The summed E-state index contributed by atoms with van der Waals surface area (Å²) in [5, 5.41) is 0. The van der Waals surface area contributed by atoms with Crippen molar-refractivity contribution in [2.24, 2.45) is 17.8 Å². The highest BCUT2D eigenvalue weighted by Crippen LogP contribution is 2.47. The van der Waals surface area contributed by atoms with E-state index in [2.05, 4.69) is 56.1 Å². The number of fused-ring (bicyclic) bond motifs is 1. The monoisotopic (exact) mass is 257 g/mol. The molecule has 0 unspecified atom stereocenters. The van der Waals surface area contributed by atoms with Gasteiger partial charge in [0.1, 0.15) is 0 Å². The molecule has 3 rings (SSSR count). The van der Waals surface area contributed by atoms with Crippen molar-refractivity contribution in [3.05, 3.63) is 42.2 Å². The van der Waals surface area contributed by atoms with Gasteiger partial charge in [-0.05, 0) is 49.3 Å². The van der Waals surface area contributed by atoms with Crippen molar-refractivity contribution >= 4 is 5.69 Å². The van der Waals surface area contributed by atoms with Crippen LogP contribution in [-0.4, -0.2) is 13.3 Å². The lowest BCUT2D eigenvalue weighted by Gasteiger charge is -2.41. The van der Waals surface area contributed by atoms with Crippen LogP contribution >= 0.6 is 0 Å². The van der Waals surface area contributed by atoms with Crippen LogP contribution < -0.4 is 4.90 Å². The minimum Gasteiger partial charge on any atom is -0.478 e. The maximum absolute atomic E-state index is 6.05. The average Bonchev–Trinajstić information content (AvgIpc) is 2.83. The standard InChI is InChI=1S/C17H23NO/c1-12-9-10-15-13(2)11-19-17(16(12)15)18(3)14-7-5-4-6-8-14/h4-8,11-12,15-17H,9-10H2,1-3H3/t12-,15+,16+,17+/m0/s1.